The number of fused-ring (bicyclic) bond motifs is 1. The van der Waals surface area contributed by atoms with Gasteiger partial charge in [-0.05, 0) is 45.0 Å². The van der Waals surface area contributed by atoms with Crippen molar-refractivity contribution >= 4 is 40.0 Å². The maximum atomic E-state index is 6.35. The molecule has 1 fully saturated rings. The van der Waals surface area contributed by atoms with Gasteiger partial charge in [0, 0.05) is 39.1 Å². The first-order chi connectivity index (χ1) is 15.5. The predicted molar refractivity (Wildman–Crippen MR) is 126 cm³/mol. The van der Waals surface area contributed by atoms with Crippen LogP contribution in [0.1, 0.15) is 37.5 Å². The van der Waals surface area contributed by atoms with Crippen LogP contribution in [0.5, 0.6) is 5.75 Å². The molecule has 166 valence electrons. The van der Waals surface area contributed by atoms with Crippen LogP contribution in [0, 0.1) is 0 Å². The van der Waals surface area contributed by atoms with E-state index in [9.17, 15) is 0 Å². The van der Waals surface area contributed by atoms with Gasteiger partial charge in [0.1, 0.15) is 12.4 Å². The van der Waals surface area contributed by atoms with Crippen LogP contribution in [-0.4, -0.2) is 27.9 Å². The first-order valence-corrected chi connectivity index (χ1v) is 11.3. The minimum atomic E-state index is -0.384. The fourth-order valence-corrected chi connectivity index (χ4v) is 4.70. The molecule has 1 atom stereocenters. The van der Waals surface area contributed by atoms with Crippen LogP contribution in [0.2, 0.25) is 10.0 Å². The number of ether oxygens (including phenoxy) is 1. The van der Waals surface area contributed by atoms with Crippen LogP contribution in [-0.2, 0) is 0 Å². The fraction of sp³-hybridized carbons (Fsp3) is 0.304. The highest BCUT2D eigenvalue weighted by Crippen LogP contribution is 2.40. The second kappa shape index (κ2) is 8.65. The number of aromatic nitrogens is 3. The van der Waals surface area contributed by atoms with Gasteiger partial charge in [0.25, 0.3) is 0 Å². The molecule has 4 heterocycles. The molecule has 9 heteroatoms. The molecular formula is C23H23Cl2N5O2. The van der Waals surface area contributed by atoms with Crippen molar-refractivity contribution in [3.05, 3.63) is 58.7 Å². The molecule has 4 aromatic rings. The molecule has 1 saturated heterocycles. The van der Waals surface area contributed by atoms with Crippen molar-refractivity contribution in [2.45, 2.75) is 31.9 Å². The number of nitrogens with zero attached hydrogens (tertiary/aromatic N) is 3. The average molecular weight is 472 g/mol. The lowest BCUT2D eigenvalue weighted by Gasteiger charge is -2.22. The zero-order valence-corrected chi connectivity index (χ0v) is 19.0. The van der Waals surface area contributed by atoms with Gasteiger partial charge < -0.3 is 20.2 Å². The van der Waals surface area contributed by atoms with Gasteiger partial charge in [0.2, 0.25) is 5.75 Å². The minimum Gasteiger partial charge on any atom is -0.478 e. The lowest BCUT2D eigenvalue weighted by molar-refractivity contribution is 0.228. The lowest BCUT2D eigenvalue weighted by atomic mass is 10.1. The number of nitrogens with one attached hydrogen (secondary N) is 1. The van der Waals surface area contributed by atoms with Crippen molar-refractivity contribution in [1.82, 2.24) is 20.1 Å². The summed E-state index contributed by atoms with van der Waals surface area (Å²) in [5.74, 6) is 0.638. The molecule has 3 aromatic heterocycles. The summed E-state index contributed by atoms with van der Waals surface area (Å²) in [6.07, 6.45) is 9.07. The summed E-state index contributed by atoms with van der Waals surface area (Å²) in [7, 11) is 0. The first-order valence-electron chi connectivity index (χ1n) is 10.5. The first kappa shape index (κ1) is 21.1. The van der Waals surface area contributed by atoms with Crippen molar-refractivity contribution in [1.29, 1.82) is 0 Å². The zero-order valence-electron chi connectivity index (χ0n) is 17.5. The van der Waals surface area contributed by atoms with Crippen LogP contribution in [0.3, 0.4) is 0 Å². The number of benzene rings is 1. The fourth-order valence-electron chi connectivity index (χ4n) is 4.14. The molecule has 0 radical (unpaired) electrons. The molecule has 3 N–H and O–H groups in total. The molecule has 7 nitrogen and oxygen atoms in total. The summed E-state index contributed by atoms with van der Waals surface area (Å²) >= 11 is 12.4. The molecule has 0 amide bonds. The highest BCUT2D eigenvalue weighted by molar-refractivity contribution is 6.35. The van der Waals surface area contributed by atoms with Crippen LogP contribution in [0.25, 0.3) is 22.1 Å². The van der Waals surface area contributed by atoms with E-state index < -0.39 is 0 Å². The van der Waals surface area contributed by atoms with Gasteiger partial charge in [-0.15, -0.1) is 0 Å². The van der Waals surface area contributed by atoms with Gasteiger partial charge in [0.15, 0.2) is 11.4 Å². The van der Waals surface area contributed by atoms with Crippen LogP contribution < -0.4 is 15.8 Å². The number of nitrogen functional groups attached to an aromatic ring is 1. The van der Waals surface area contributed by atoms with E-state index in [1.165, 1.54) is 0 Å². The second-order valence-electron chi connectivity index (χ2n) is 7.98. The van der Waals surface area contributed by atoms with Gasteiger partial charge in [-0.25, -0.2) is 4.98 Å². The topological polar surface area (TPSA) is 91.1 Å². The number of hydrogen-bond donors (Lipinski definition) is 2. The third-order valence-corrected chi connectivity index (χ3v) is 6.45. The van der Waals surface area contributed by atoms with E-state index >= 15 is 0 Å². The number of hydrogen-bond acceptors (Lipinski definition) is 6. The number of pyridine rings is 1. The van der Waals surface area contributed by atoms with E-state index in [1.807, 2.05) is 23.9 Å². The highest BCUT2D eigenvalue weighted by atomic mass is 35.5. The molecule has 1 unspecified atom stereocenters. The molecule has 1 aliphatic rings. The third kappa shape index (κ3) is 3.92. The van der Waals surface area contributed by atoms with Crippen molar-refractivity contribution < 1.29 is 9.15 Å². The van der Waals surface area contributed by atoms with Gasteiger partial charge >= 0.3 is 0 Å². The van der Waals surface area contributed by atoms with E-state index in [-0.39, 0.29) is 11.9 Å². The van der Waals surface area contributed by atoms with E-state index in [1.54, 1.807) is 24.6 Å². The van der Waals surface area contributed by atoms with Crippen molar-refractivity contribution in [3.63, 3.8) is 0 Å². The number of halogens is 2. The second-order valence-corrected chi connectivity index (χ2v) is 8.82. The van der Waals surface area contributed by atoms with E-state index in [0.717, 1.165) is 48.0 Å². The molecule has 1 aliphatic heterocycles. The summed E-state index contributed by atoms with van der Waals surface area (Å²) in [6, 6.07) is 5.70. The Labute approximate surface area is 195 Å². The van der Waals surface area contributed by atoms with Gasteiger partial charge in [-0.2, -0.15) is 5.10 Å². The predicted octanol–water partition coefficient (Wildman–Crippen LogP) is 5.64. The standard InChI is InChI=1S/C23H23Cl2N5O2/c1-13(17-3-2-15(24)8-20(17)25)32-22-21-18(10-28-23(22)26)19(12-31-21)14-9-29-30(11-14)16-4-6-27-7-5-16/h2-3,8-13,16,27H,4-7H2,1H3,(H2,26,28). The van der Waals surface area contributed by atoms with Crippen molar-refractivity contribution in [2.24, 2.45) is 0 Å². The summed E-state index contributed by atoms with van der Waals surface area (Å²) in [5.41, 5.74) is 9.35. The molecule has 0 spiro atoms. The Balaban J connectivity index is 1.47. The van der Waals surface area contributed by atoms with Gasteiger partial charge in [-0.1, -0.05) is 29.3 Å². The Morgan fingerprint density at radius 2 is 2.06 bits per heavy atom. The Morgan fingerprint density at radius 3 is 2.84 bits per heavy atom. The Kier molecular flexibility index (Phi) is 5.71. The summed E-state index contributed by atoms with van der Waals surface area (Å²) in [6.45, 7) is 3.91. The van der Waals surface area contributed by atoms with Crippen LogP contribution in [0.4, 0.5) is 5.82 Å². The maximum absolute atomic E-state index is 6.35. The zero-order chi connectivity index (χ0) is 22.2. The average Bonchev–Trinajstić information content (AvgIpc) is 3.43. The van der Waals surface area contributed by atoms with Gasteiger partial charge in [0.05, 0.1) is 17.6 Å². The van der Waals surface area contributed by atoms with Gasteiger partial charge in [-0.3, -0.25) is 4.68 Å². The van der Waals surface area contributed by atoms with Crippen molar-refractivity contribution in [3.8, 4) is 16.9 Å². The van der Waals surface area contributed by atoms with Crippen LogP contribution in [0.15, 0.2) is 47.5 Å². The number of anilines is 1. The summed E-state index contributed by atoms with van der Waals surface area (Å²) in [5, 5.41) is 9.88. The molecule has 0 saturated carbocycles. The van der Waals surface area contributed by atoms with E-state index in [0.29, 0.717) is 27.4 Å². The van der Waals surface area contributed by atoms with Crippen LogP contribution >= 0.6 is 23.2 Å². The SMILES string of the molecule is CC(Oc1c(N)ncc2c(-c3cnn(C4CCNCC4)c3)coc12)c1ccc(Cl)cc1Cl. The minimum absolute atomic E-state index is 0.251. The third-order valence-electron chi connectivity index (χ3n) is 5.89. The maximum Gasteiger partial charge on any atom is 0.205 e. The number of rotatable bonds is 5. The molecular weight excluding hydrogens is 449 g/mol. The van der Waals surface area contributed by atoms with E-state index in [2.05, 4.69) is 21.6 Å². The molecule has 5 rings (SSSR count). The Bertz CT molecular complexity index is 1260. The quantitative estimate of drug-likeness (QED) is 0.390. The smallest absolute Gasteiger partial charge is 0.205 e. The molecule has 32 heavy (non-hydrogen) atoms. The van der Waals surface area contributed by atoms with E-state index in [4.69, 9.17) is 38.1 Å². The molecule has 0 aliphatic carbocycles. The Morgan fingerprint density at radius 1 is 1.25 bits per heavy atom. The monoisotopic (exact) mass is 471 g/mol. The lowest BCUT2D eigenvalue weighted by Crippen LogP contribution is -2.29. The summed E-state index contributed by atoms with van der Waals surface area (Å²) in [4.78, 5) is 4.35. The highest BCUT2D eigenvalue weighted by Gasteiger charge is 2.22. The number of nitrogens with two attached hydrogens (primary N) is 1. The number of furan rings is 1. The Hall–Kier alpha value is -2.74. The summed E-state index contributed by atoms with van der Waals surface area (Å²) < 4.78 is 14.1. The molecule has 0 bridgehead atoms. The van der Waals surface area contributed by atoms with Crippen molar-refractivity contribution in [2.75, 3.05) is 18.8 Å². The normalized spacial score (nSPS) is 15.8. The number of piperidine rings is 1. The largest absolute Gasteiger partial charge is 0.478 e. The molecule has 1 aromatic carbocycles.